The molecule has 1 amide bonds. The number of thiol groups is 2. The quantitative estimate of drug-likeness (QED) is 0.463. The van der Waals surface area contributed by atoms with Gasteiger partial charge in [0.25, 0.3) is 0 Å². The van der Waals surface area contributed by atoms with Gasteiger partial charge in [-0.2, -0.15) is 25.3 Å². The fourth-order valence-electron chi connectivity index (χ4n) is 0.712. The van der Waals surface area contributed by atoms with E-state index in [0.29, 0.717) is 0 Å². The van der Waals surface area contributed by atoms with Gasteiger partial charge in [0.2, 0.25) is 5.91 Å². The van der Waals surface area contributed by atoms with Crippen LogP contribution < -0.4 is 5.32 Å². The first-order valence-corrected chi connectivity index (χ1v) is 5.26. The third kappa shape index (κ3) is 4.93. The van der Waals surface area contributed by atoms with Crippen LogP contribution in [-0.2, 0) is 4.79 Å². The first-order valence-electron chi connectivity index (χ1n) is 4.23. The summed E-state index contributed by atoms with van der Waals surface area (Å²) in [6.07, 6.45) is 2.11. The van der Waals surface area contributed by atoms with Crippen LogP contribution in [0.3, 0.4) is 0 Å². The Bertz CT molecular complexity index is 139. The van der Waals surface area contributed by atoms with Gasteiger partial charge >= 0.3 is 0 Å². The molecule has 0 spiro atoms. The van der Waals surface area contributed by atoms with E-state index in [9.17, 15) is 4.79 Å². The summed E-state index contributed by atoms with van der Waals surface area (Å²) in [5.74, 6) is -0.0192. The van der Waals surface area contributed by atoms with Crippen LogP contribution in [0.4, 0.5) is 0 Å². The minimum atomic E-state index is -0.301. The predicted molar refractivity (Wildman–Crippen MR) is 59.1 cm³/mol. The maximum absolute atomic E-state index is 11.2. The smallest absolute Gasteiger partial charge is 0.233 e. The molecule has 1 N–H and O–H groups in total. The summed E-state index contributed by atoms with van der Waals surface area (Å²) in [7, 11) is 0. The third-order valence-electron chi connectivity index (χ3n) is 1.56. The number of amides is 1. The zero-order chi connectivity index (χ0) is 9.56. The van der Waals surface area contributed by atoms with Gasteiger partial charge in [-0.05, 0) is 6.42 Å². The van der Waals surface area contributed by atoms with Crippen molar-refractivity contribution in [2.45, 2.75) is 37.2 Å². The lowest BCUT2D eigenvalue weighted by atomic mass is 10.3. The average molecular weight is 207 g/mol. The molecule has 0 saturated carbocycles. The fourth-order valence-corrected chi connectivity index (χ4v) is 0.939. The van der Waals surface area contributed by atoms with E-state index in [1.165, 1.54) is 0 Å². The van der Waals surface area contributed by atoms with Crippen LogP contribution in [0.15, 0.2) is 0 Å². The lowest BCUT2D eigenvalue weighted by Gasteiger charge is -2.13. The molecular formula is C8H17NOS2. The van der Waals surface area contributed by atoms with Gasteiger partial charge in [0.1, 0.15) is 0 Å². The van der Waals surface area contributed by atoms with E-state index in [-0.39, 0.29) is 16.4 Å². The predicted octanol–water partition coefficient (Wildman–Crippen LogP) is 1.52. The molecule has 2 atom stereocenters. The summed E-state index contributed by atoms with van der Waals surface area (Å²) in [4.78, 5) is 11.2. The van der Waals surface area contributed by atoms with Crippen LogP contribution in [0.25, 0.3) is 0 Å². The first kappa shape index (κ1) is 12.2. The first-order chi connectivity index (χ1) is 5.59. The highest BCUT2D eigenvalue weighted by Gasteiger charge is 2.17. The van der Waals surface area contributed by atoms with Crippen molar-refractivity contribution in [2.75, 3.05) is 6.54 Å². The maximum Gasteiger partial charge on any atom is 0.233 e. The molecule has 0 aromatic rings. The van der Waals surface area contributed by atoms with Gasteiger partial charge in [0, 0.05) is 11.8 Å². The van der Waals surface area contributed by atoms with Gasteiger partial charge in [-0.25, -0.2) is 0 Å². The summed E-state index contributed by atoms with van der Waals surface area (Å²) in [5.41, 5.74) is 0. The van der Waals surface area contributed by atoms with Crippen molar-refractivity contribution in [3.05, 3.63) is 0 Å². The van der Waals surface area contributed by atoms with E-state index in [1.807, 2.05) is 6.92 Å². The van der Waals surface area contributed by atoms with Gasteiger partial charge in [-0.1, -0.05) is 20.3 Å². The van der Waals surface area contributed by atoms with Crippen molar-refractivity contribution < 1.29 is 4.79 Å². The van der Waals surface area contributed by atoms with Gasteiger partial charge in [-0.15, -0.1) is 0 Å². The summed E-state index contributed by atoms with van der Waals surface area (Å²) in [5, 5.41) is 2.50. The molecule has 0 aromatic heterocycles. The summed E-state index contributed by atoms with van der Waals surface area (Å²) in [6.45, 7) is 4.69. The molecule has 0 aliphatic rings. The molecule has 4 heteroatoms. The highest BCUT2D eigenvalue weighted by atomic mass is 32.1. The number of nitrogens with one attached hydrogen (secondary N) is 1. The molecule has 0 heterocycles. The van der Waals surface area contributed by atoms with Crippen molar-refractivity contribution in [3.8, 4) is 0 Å². The van der Waals surface area contributed by atoms with Crippen molar-refractivity contribution in [3.63, 3.8) is 0 Å². The molecule has 0 aliphatic heterocycles. The molecule has 0 bridgehead atoms. The lowest BCUT2D eigenvalue weighted by molar-refractivity contribution is -0.120. The van der Waals surface area contributed by atoms with Crippen molar-refractivity contribution in [2.24, 2.45) is 0 Å². The molecule has 0 rings (SSSR count). The topological polar surface area (TPSA) is 29.1 Å². The number of hydrogen-bond acceptors (Lipinski definition) is 3. The number of carbonyl (C=O) groups is 1. The zero-order valence-electron chi connectivity index (χ0n) is 7.58. The summed E-state index contributed by atoms with van der Waals surface area (Å²) < 4.78 is 0. The van der Waals surface area contributed by atoms with E-state index in [1.54, 1.807) is 0 Å². The molecule has 2 unspecified atom stereocenters. The van der Waals surface area contributed by atoms with Crippen LogP contribution >= 0.6 is 25.3 Å². The Morgan fingerprint density at radius 1 is 1.50 bits per heavy atom. The van der Waals surface area contributed by atoms with Crippen LogP contribution in [0.5, 0.6) is 0 Å². The van der Waals surface area contributed by atoms with Crippen molar-refractivity contribution in [1.29, 1.82) is 0 Å². The zero-order valence-corrected chi connectivity index (χ0v) is 9.37. The largest absolute Gasteiger partial charge is 0.355 e. The van der Waals surface area contributed by atoms with Crippen LogP contribution in [0.2, 0.25) is 0 Å². The second kappa shape index (κ2) is 6.66. The SMILES string of the molecule is CCCCNC(=O)C(S)C(C)S. The molecule has 0 radical (unpaired) electrons. The van der Waals surface area contributed by atoms with E-state index < -0.39 is 0 Å². The standard InChI is InChI=1S/C8H17NOS2/c1-3-4-5-9-8(10)7(12)6(2)11/h6-7,11-12H,3-5H2,1-2H3,(H,9,10). The molecule has 0 aromatic carbocycles. The summed E-state index contributed by atoms with van der Waals surface area (Å²) in [6, 6.07) is 0. The minimum absolute atomic E-state index is 0.00467. The Kier molecular flexibility index (Phi) is 6.76. The maximum atomic E-state index is 11.2. The summed E-state index contributed by atoms with van der Waals surface area (Å²) >= 11 is 8.27. The highest BCUT2D eigenvalue weighted by Crippen LogP contribution is 2.07. The molecule has 72 valence electrons. The fraction of sp³-hybridized carbons (Fsp3) is 0.875. The Balaban J connectivity index is 3.57. The minimum Gasteiger partial charge on any atom is -0.355 e. The highest BCUT2D eigenvalue weighted by molar-refractivity contribution is 7.85. The van der Waals surface area contributed by atoms with Crippen molar-refractivity contribution >= 4 is 31.2 Å². The van der Waals surface area contributed by atoms with Crippen LogP contribution in [0, 0.1) is 0 Å². The molecule has 2 nitrogen and oxygen atoms in total. The Morgan fingerprint density at radius 3 is 2.50 bits per heavy atom. The van der Waals surface area contributed by atoms with Crippen LogP contribution in [-0.4, -0.2) is 23.0 Å². The number of unbranched alkanes of at least 4 members (excludes halogenated alkanes) is 1. The Hall–Kier alpha value is 0.170. The monoisotopic (exact) mass is 207 g/mol. The second-order valence-electron chi connectivity index (χ2n) is 2.83. The molecule has 0 saturated heterocycles. The second-order valence-corrected chi connectivity index (χ2v) is 4.20. The van der Waals surface area contributed by atoms with Gasteiger partial charge in [-0.3, -0.25) is 4.79 Å². The Labute approximate surface area is 85.3 Å². The van der Waals surface area contributed by atoms with Crippen molar-refractivity contribution in [1.82, 2.24) is 5.32 Å². The average Bonchev–Trinajstić information content (AvgIpc) is 2.03. The Morgan fingerprint density at radius 2 is 2.08 bits per heavy atom. The van der Waals surface area contributed by atoms with E-state index in [2.05, 4.69) is 37.5 Å². The molecule has 0 fully saturated rings. The number of hydrogen-bond donors (Lipinski definition) is 3. The van der Waals surface area contributed by atoms with E-state index >= 15 is 0 Å². The van der Waals surface area contributed by atoms with Gasteiger partial charge < -0.3 is 5.32 Å². The van der Waals surface area contributed by atoms with E-state index in [4.69, 9.17) is 0 Å². The molecular weight excluding hydrogens is 190 g/mol. The van der Waals surface area contributed by atoms with Gasteiger partial charge in [0.05, 0.1) is 5.25 Å². The molecule has 0 aliphatic carbocycles. The number of rotatable bonds is 5. The lowest BCUT2D eigenvalue weighted by Crippen LogP contribution is -2.36. The van der Waals surface area contributed by atoms with Gasteiger partial charge in [0.15, 0.2) is 0 Å². The normalized spacial score (nSPS) is 15.3. The van der Waals surface area contributed by atoms with Crippen LogP contribution in [0.1, 0.15) is 26.7 Å². The van der Waals surface area contributed by atoms with E-state index in [0.717, 1.165) is 19.4 Å². The molecule has 12 heavy (non-hydrogen) atoms. The number of carbonyl (C=O) groups excluding carboxylic acids is 1. The third-order valence-corrected chi connectivity index (χ3v) is 2.77.